The molecule has 9 heteroatoms. The number of halogens is 2. The van der Waals surface area contributed by atoms with Crippen LogP contribution in [0, 0.1) is 0 Å². The molecule has 0 aliphatic heterocycles. The molecule has 0 atom stereocenters. The molecule has 0 aromatic rings. The average molecular weight is 289 g/mol. The Morgan fingerprint density at radius 1 is 1.22 bits per heavy atom. The molecule has 0 aromatic carbocycles. The zero-order valence-electron chi connectivity index (χ0n) is 3.43. The Bertz CT molecular complexity index is 113. The zero-order chi connectivity index (χ0) is 7.21. The SMILES string of the molecule is O=S(=O)([O-])[O-].[Cl][Co][Cl].[Cu+2]. The van der Waals surface area contributed by atoms with Gasteiger partial charge in [0.15, 0.2) is 0 Å². The van der Waals surface area contributed by atoms with Crippen molar-refractivity contribution in [3.63, 3.8) is 0 Å². The van der Waals surface area contributed by atoms with Gasteiger partial charge in [-0.15, -0.1) is 0 Å². The summed E-state index contributed by atoms with van der Waals surface area (Å²) in [5, 5.41) is 0. The Hall–Kier alpha value is 1.48. The minimum Gasteiger partial charge on any atom is 2.00 e. The monoisotopic (exact) mass is 288 g/mol. The van der Waals surface area contributed by atoms with Gasteiger partial charge in [0.05, 0.1) is 0 Å². The third kappa shape index (κ3) is 243. The minimum absolute atomic E-state index is 0. The molecule has 0 unspecified atom stereocenters. The Labute approximate surface area is 77.8 Å². The van der Waals surface area contributed by atoms with Crippen LogP contribution in [0.1, 0.15) is 0 Å². The molecule has 4 nitrogen and oxygen atoms in total. The van der Waals surface area contributed by atoms with E-state index in [-0.39, 0.29) is 17.1 Å². The second kappa shape index (κ2) is 9.48. The molecule has 0 aliphatic carbocycles. The standard InChI is InChI=1S/2ClH.Co.Cu.H2O4S/c;;;;1-5(2,3)4/h2*1H;;;(H2,1,2,3,4)/q;;2*+2;/p-4. The van der Waals surface area contributed by atoms with Crippen LogP contribution < -0.4 is 0 Å². The van der Waals surface area contributed by atoms with Gasteiger partial charge in [0.1, 0.15) is 0 Å². The first kappa shape index (κ1) is 16.8. The smallest absolute Gasteiger partial charge is 2.00 e. The summed E-state index contributed by atoms with van der Waals surface area (Å²) in [6.07, 6.45) is 0. The van der Waals surface area contributed by atoms with Gasteiger partial charge >= 0.3 is 50.3 Å². The summed E-state index contributed by atoms with van der Waals surface area (Å²) < 4.78 is 34.1. The fraction of sp³-hybridized carbons (Fsp3) is 0. The normalized spacial score (nSPS) is 8.89. The molecule has 0 saturated carbocycles. The van der Waals surface area contributed by atoms with Crippen molar-refractivity contribution in [3.05, 3.63) is 0 Å². The molecule has 0 saturated heterocycles. The third-order valence-corrected chi connectivity index (χ3v) is 0. The molecule has 64 valence electrons. The van der Waals surface area contributed by atoms with Crippen LogP contribution in [-0.2, 0) is 40.4 Å². The van der Waals surface area contributed by atoms with Crippen molar-refractivity contribution in [2.24, 2.45) is 0 Å². The van der Waals surface area contributed by atoms with E-state index in [9.17, 15) is 0 Å². The van der Waals surface area contributed by atoms with Crippen LogP contribution in [0.3, 0.4) is 0 Å². The summed E-state index contributed by atoms with van der Waals surface area (Å²) in [6, 6.07) is 0. The van der Waals surface area contributed by atoms with Crippen LogP contribution in [0.25, 0.3) is 0 Å². The second-order valence-electron chi connectivity index (χ2n) is 0.456. The van der Waals surface area contributed by atoms with Gasteiger partial charge in [0.2, 0.25) is 0 Å². The van der Waals surface area contributed by atoms with E-state index in [4.69, 9.17) is 37.8 Å². The summed E-state index contributed by atoms with van der Waals surface area (Å²) >= 11 is 0.382. The Kier molecular flexibility index (Phi) is 17.7. The van der Waals surface area contributed by atoms with Gasteiger partial charge in [0, 0.05) is 10.4 Å². The number of hydrogen-bond donors (Lipinski definition) is 0. The first-order chi connectivity index (χ1) is 3.41. The van der Waals surface area contributed by atoms with E-state index >= 15 is 0 Å². The van der Waals surface area contributed by atoms with Crippen molar-refractivity contribution in [2.75, 3.05) is 0 Å². The number of rotatable bonds is 0. The Balaban J connectivity index is -0.0000000800. The largest absolute Gasteiger partial charge is 2.00 e. The quantitative estimate of drug-likeness (QED) is 0.358. The van der Waals surface area contributed by atoms with Crippen LogP contribution in [0.4, 0.5) is 0 Å². The van der Waals surface area contributed by atoms with Gasteiger partial charge in [-0.2, -0.15) is 0 Å². The van der Waals surface area contributed by atoms with Crippen molar-refractivity contribution < 1.29 is 47.5 Å². The summed E-state index contributed by atoms with van der Waals surface area (Å²) in [6.45, 7) is 0. The van der Waals surface area contributed by atoms with E-state index in [0.29, 0.717) is 12.9 Å². The summed E-state index contributed by atoms with van der Waals surface area (Å²) in [5.74, 6) is 0. The van der Waals surface area contributed by atoms with Crippen LogP contribution in [0.15, 0.2) is 0 Å². The maximum atomic E-state index is 8.52. The van der Waals surface area contributed by atoms with Crippen molar-refractivity contribution in [2.45, 2.75) is 0 Å². The first-order valence-corrected chi connectivity index (χ1v) is 5.12. The van der Waals surface area contributed by atoms with Crippen molar-refractivity contribution in [3.8, 4) is 0 Å². The average Bonchev–Trinajstić information content (AvgIpc) is 1.27. The molecule has 0 spiro atoms. The summed E-state index contributed by atoms with van der Waals surface area (Å²) in [4.78, 5) is 0. The molecule has 0 bridgehead atoms. The second-order valence-corrected chi connectivity index (χ2v) is 2.99. The molecule has 0 aliphatic rings. The van der Waals surface area contributed by atoms with Crippen LogP contribution >= 0.6 is 20.3 Å². The molecular formula is Cl2CoCuO4S. The van der Waals surface area contributed by atoms with E-state index in [2.05, 4.69) is 0 Å². The first-order valence-electron chi connectivity index (χ1n) is 0.919. The predicted molar refractivity (Wildman–Crippen MR) is 22.2 cm³/mol. The minimum atomic E-state index is -5.17. The van der Waals surface area contributed by atoms with Gasteiger partial charge in [-0.25, -0.2) is 0 Å². The van der Waals surface area contributed by atoms with Crippen LogP contribution in [-0.4, -0.2) is 17.5 Å². The molecule has 0 N–H and O–H groups in total. The van der Waals surface area contributed by atoms with E-state index in [1.807, 2.05) is 0 Å². The maximum absolute atomic E-state index is 8.52. The zero-order valence-corrected chi connectivity index (χ0v) is 7.74. The fourth-order valence-corrected chi connectivity index (χ4v) is 0. The van der Waals surface area contributed by atoms with E-state index in [0.717, 1.165) is 0 Å². The summed E-state index contributed by atoms with van der Waals surface area (Å²) in [5.41, 5.74) is 0. The fourth-order valence-electron chi connectivity index (χ4n) is 0. The molecule has 0 heterocycles. The number of hydrogen-bond acceptors (Lipinski definition) is 4. The molecule has 0 fully saturated rings. The van der Waals surface area contributed by atoms with Gasteiger partial charge in [-0.3, -0.25) is 8.42 Å². The van der Waals surface area contributed by atoms with Gasteiger partial charge < -0.3 is 9.11 Å². The molecular weight excluding hydrogens is 289 g/mol. The molecule has 0 aromatic heterocycles. The molecule has 0 amide bonds. The molecule has 1 radical (unpaired) electrons. The molecule has 0 rings (SSSR count). The predicted octanol–water partition coefficient (Wildman–Crippen LogP) is 0.0360. The van der Waals surface area contributed by atoms with E-state index in [1.54, 1.807) is 0 Å². The van der Waals surface area contributed by atoms with Crippen molar-refractivity contribution in [1.82, 2.24) is 0 Å². The van der Waals surface area contributed by atoms with Crippen molar-refractivity contribution >= 4 is 30.7 Å². The molecule has 9 heavy (non-hydrogen) atoms. The van der Waals surface area contributed by atoms with Gasteiger partial charge in [-0.05, 0) is 0 Å². The van der Waals surface area contributed by atoms with E-state index in [1.165, 1.54) is 0 Å². The topological polar surface area (TPSA) is 80.3 Å². The van der Waals surface area contributed by atoms with Crippen LogP contribution in [0.2, 0.25) is 0 Å². The third-order valence-electron chi connectivity index (χ3n) is 0. The van der Waals surface area contributed by atoms with Gasteiger partial charge in [0.25, 0.3) is 0 Å². The van der Waals surface area contributed by atoms with E-state index < -0.39 is 10.4 Å². The maximum Gasteiger partial charge on any atom is 2.00 e. The van der Waals surface area contributed by atoms with Gasteiger partial charge in [-0.1, -0.05) is 0 Å². The summed E-state index contributed by atoms with van der Waals surface area (Å²) in [7, 11) is 4.30. The van der Waals surface area contributed by atoms with Crippen LogP contribution in [0.5, 0.6) is 0 Å². The Morgan fingerprint density at radius 3 is 1.22 bits per heavy atom. The Morgan fingerprint density at radius 2 is 1.22 bits per heavy atom. The van der Waals surface area contributed by atoms with Crippen molar-refractivity contribution in [1.29, 1.82) is 0 Å².